The highest BCUT2D eigenvalue weighted by Gasteiger charge is 2.27. The van der Waals surface area contributed by atoms with Crippen LogP contribution >= 0.6 is 0 Å². The first-order valence-electron chi connectivity index (χ1n) is 10.1. The molecule has 0 bridgehead atoms. The van der Waals surface area contributed by atoms with Crippen molar-refractivity contribution < 1.29 is 5.11 Å². The molecule has 1 saturated heterocycles. The molecule has 2 aliphatic rings. The van der Waals surface area contributed by atoms with Gasteiger partial charge in [-0.25, -0.2) is 0 Å². The van der Waals surface area contributed by atoms with Gasteiger partial charge in [-0.05, 0) is 44.9 Å². The molecule has 5 nitrogen and oxygen atoms in total. The molecule has 1 aliphatic heterocycles. The lowest BCUT2D eigenvalue weighted by molar-refractivity contribution is 0.0417. The van der Waals surface area contributed by atoms with E-state index in [-0.39, 0.29) is 0 Å². The number of aliphatic imine (C=N–C) groups is 1. The van der Waals surface area contributed by atoms with E-state index in [2.05, 4.69) is 27.4 Å². The molecule has 5 heteroatoms. The molecule has 0 aromatic carbocycles. The Morgan fingerprint density at radius 2 is 1.88 bits per heavy atom. The maximum Gasteiger partial charge on any atom is 0.191 e. The van der Waals surface area contributed by atoms with Gasteiger partial charge in [0.1, 0.15) is 0 Å². The number of guanidine groups is 1. The smallest absolute Gasteiger partial charge is 0.191 e. The summed E-state index contributed by atoms with van der Waals surface area (Å²) in [4.78, 5) is 7.26. The van der Waals surface area contributed by atoms with E-state index in [1.165, 1.54) is 45.2 Å². The van der Waals surface area contributed by atoms with Crippen LogP contribution in [0.5, 0.6) is 0 Å². The molecule has 0 spiro atoms. The molecule has 24 heavy (non-hydrogen) atoms. The van der Waals surface area contributed by atoms with E-state index >= 15 is 0 Å². The van der Waals surface area contributed by atoms with Crippen LogP contribution in [0, 0.1) is 5.92 Å². The zero-order valence-electron chi connectivity index (χ0n) is 16.0. The largest absolute Gasteiger partial charge is 0.388 e. The lowest BCUT2D eigenvalue weighted by Crippen LogP contribution is -2.45. The normalized spacial score (nSPS) is 23.8. The van der Waals surface area contributed by atoms with Gasteiger partial charge in [0, 0.05) is 32.2 Å². The third-order valence-electron chi connectivity index (χ3n) is 5.80. The summed E-state index contributed by atoms with van der Waals surface area (Å²) in [5, 5.41) is 17.3. The third kappa shape index (κ3) is 5.92. The Morgan fingerprint density at radius 3 is 2.50 bits per heavy atom. The van der Waals surface area contributed by atoms with Crippen LogP contribution in [0.1, 0.15) is 65.7 Å². The van der Waals surface area contributed by atoms with E-state index in [1.807, 2.05) is 13.8 Å². The summed E-state index contributed by atoms with van der Waals surface area (Å²) in [5.74, 6) is 1.78. The van der Waals surface area contributed by atoms with Crippen LogP contribution in [0.2, 0.25) is 0 Å². The van der Waals surface area contributed by atoms with Gasteiger partial charge < -0.3 is 20.6 Å². The van der Waals surface area contributed by atoms with Crippen molar-refractivity contribution in [2.24, 2.45) is 10.9 Å². The van der Waals surface area contributed by atoms with Gasteiger partial charge in [-0.2, -0.15) is 0 Å². The molecule has 0 amide bonds. The molecule has 2 rings (SSSR count). The zero-order valence-corrected chi connectivity index (χ0v) is 16.0. The molecule has 1 aliphatic carbocycles. The van der Waals surface area contributed by atoms with Crippen LogP contribution < -0.4 is 10.6 Å². The molecule has 2 fully saturated rings. The lowest BCUT2D eigenvalue weighted by Gasteiger charge is -2.24. The van der Waals surface area contributed by atoms with Crippen molar-refractivity contribution in [3.8, 4) is 0 Å². The quantitative estimate of drug-likeness (QED) is 0.470. The van der Waals surface area contributed by atoms with E-state index in [1.54, 1.807) is 0 Å². The molecule has 0 aromatic heterocycles. The molecular weight excluding hydrogens is 300 g/mol. The molecular formula is C19H38N4O. The van der Waals surface area contributed by atoms with Gasteiger partial charge in [0.15, 0.2) is 5.96 Å². The van der Waals surface area contributed by atoms with E-state index in [0.717, 1.165) is 37.8 Å². The predicted molar refractivity (Wildman–Crippen MR) is 101 cm³/mol. The maximum absolute atomic E-state index is 10.4. The van der Waals surface area contributed by atoms with E-state index in [0.29, 0.717) is 12.6 Å². The van der Waals surface area contributed by atoms with E-state index in [9.17, 15) is 5.11 Å². The highest BCUT2D eigenvalue weighted by molar-refractivity contribution is 5.80. The van der Waals surface area contributed by atoms with Crippen LogP contribution in [-0.4, -0.2) is 60.3 Å². The molecule has 1 atom stereocenters. The van der Waals surface area contributed by atoms with Crippen molar-refractivity contribution in [1.29, 1.82) is 0 Å². The van der Waals surface area contributed by atoms with Gasteiger partial charge in [0.25, 0.3) is 0 Å². The number of nitrogens with zero attached hydrogens (tertiary/aromatic N) is 2. The fraction of sp³-hybridized carbons (Fsp3) is 0.947. The van der Waals surface area contributed by atoms with Crippen molar-refractivity contribution in [3.05, 3.63) is 0 Å². The van der Waals surface area contributed by atoms with E-state index in [4.69, 9.17) is 0 Å². The Hall–Kier alpha value is -0.810. The Kier molecular flexibility index (Phi) is 7.82. The third-order valence-corrected chi connectivity index (χ3v) is 5.80. The van der Waals surface area contributed by atoms with Crippen LogP contribution in [0.3, 0.4) is 0 Å². The molecule has 140 valence electrons. The fourth-order valence-electron chi connectivity index (χ4n) is 3.89. The van der Waals surface area contributed by atoms with Gasteiger partial charge in [0.2, 0.25) is 0 Å². The first-order valence-corrected chi connectivity index (χ1v) is 10.1. The van der Waals surface area contributed by atoms with Gasteiger partial charge in [-0.15, -0.1) is 0 Å². The Balaban J connectivity index is 1.81. The summed E-state index contributed by atoms with van der Waals surface area (Å²) >= 11 is 0. The van der Waals surface area contributed by atoms with Crippen LogP contribution in [0.4, 0.5) is 0 Å². The summed E-state index contributed by atoms with van der Waals surface area (Å²) < 4.78 is 0. The number of aliphatic hydroxyl groups is 1. The topological polar surface area (TPSA) is 59.9 Å². The van der Waals surface area contributed by atoms with Gasteiger partial charge in [0.05, 0.1) is 12.1 Å². The number of rotatable bonds is 8. The second-order valence-electron chi connectivity index (χ2n) is 7.67. The summed E-state index contributed by atoms with van der Waals surface area (Å²) in [5.41, 5.74) is -0.674. The van der Waals surface area contributed by atoms with Crippen LogP contribution in [0.15, 0.2) is 4.99 Å². The predicted octanol–water partition coefficient (Wildman–Crippen LogP) is 2.36. The monoisotopic (exact) mass is 338 g/mol. The summed E-state index contributed by atoms with van der Waals surface area (Å²) in [6, 6.07) is 0.473. The van der Waals surface area contributed by atoms with Crippen molar-refractivity contribution in [2.75, 3.05) is 32.7 Å². The summed E-state index contributed by atoms with van der Waals surface area (Å²) in [6.07, 6.45) is 8.36. The van der Waals surface area contributed by atoms with Crippen molar-refractivity contribution in [2.45, 2.75) is 77.4 Å². The fourth-order valence-corrected chi connectivity index (χ4v) is 3.89. The number of hydrogen-bond acceptors (Lipinski definition) is 3. The minimum absolute atomic E-state index is 0.466. The Labute approximate surface area is 148 Å². The molecule has 0 radical (unpaired) electrons. The van der Waals surface area contributed by atoms with Crippen LogP contribution in [0.25, 0.3) is 0 Å². The molecule has 1 saturated carbocycles. The molecule has 3 N–H and O–H groups in total. The highest BCUT2D eigenvalue weighted by Crippen LogP contribution is 2.26. The van der Waals surface area contributed by atoms with Crippen LogP contribution in [-0.2, 0) is 0 Å². The molecule has 1 unspecified atom stereocenters. The minimum atomic E-state index is -0.674. The van der Waals surface area contributed by atoms with Gasteiger partial charge >= 0.3 is 0 Å². The first kappa shape index (κ1) is 19.5. The standard InChI is InChI=1S/C19H38N4O/c1-4-19(24,5-2)15-21-18(20-6-3)22-17-11-12-23(14-17)13-16-9-7-8-10-16/h16-17,24H,4-15H2,1-3H3,(H2,20,21,22). The summed E-state index contributed by atoms with van der Waals surface area (Å²) in [6.45, 7) is 11.0. The van der Waals surface area contributed by atoms with Gasteiger partial charge in [-0.1, -0.05) is 26.7 Å². The van der Waals surface area contributed by atoms with Crippen molar-refractivity contribution in [1.82, 2.24) is 15.5 Å². The first-order chi connectivity index (χ1) is 11.6. The second-order valence-corrected chi connectivity index (χ2v) is 7.67. The number of hydrogen-bond donors (Lipinski definition) is 3. The Morgan fingerprint density at radius 1 is 1.17 bits per heavy atom. The number of likely N-dealkylation sites (tertiary alicyclic amines) is 1. The van der Waals surface area contributed by atoms with Crippen molar-refractivity contribution in [3.63, 3.8) is 0 Å². The second kappa shape index (κ2) is 9.62. The van der Waals surface area contributed by atoms with Crippen molar-refractivity contribution >= 4 is 5.96 Å². The average molecular weight is 339 g/mol. The minimum Gasteiger partial charge on any atom is -0.388 e. The summed E-state index contributed by atoms with van der Waals surface area (Å²) in [7, 11) is 0. The maximum atomic E-state index is 10.4. The molecule has 0 aromatic rings. The SMILES string of the molecule is CCNC(=NCC(O)(CC)CC)NC1CCN(CC2CCCC2)C1. The lowest BCUT2D eigenvalue weighted by atomic mass is 9.98. The Bertz CT molecular complexity index is 389. The highest BCUT2D eigenvalue weighted by atomic mass is 16.3. The number of nitrogens with one attached hydrogen (secondary N) is 2. The molecule has 1 heterocycles. The zero-order chi connectivity index (χ0) is 17.4. The van der Waals surface area contributed by atoms with Gasteiger partial charge in [-0.3, -0.25) is 4.99 Å². The van der Waals surface area contributed by atoms with E-state index < -0.39 is 5.60 Å². The average Bonchev–Trinajstić information content (AvgIpc) is 3.25.